The van der Waals surface area contributed by atoms with Crippen LogP contribution in [0.5, 0.6) is 0 Å². The summed E-state index contributed by atoms with van der Waals surface area (Å²) in [5.74, 6) is -3.45. The normalized spacial score (nSPS) is 20.3. The van der Waals surface area contributed by atoms with E-state index in [0.717, 1.165) is 12.1 Å². The van der Waals surface area contributed by atoms with Crippen molar-refractivity contribution >= 4 is 11.8 Å². The summed E-state index contributed by atoms with van der Waals surface area (Å²) in [6, 6.07) is 2.65. The average molecular weight is 304 g/mol. The van der Waals surface area contributed by atoms with Crippen LogP contribution in [0.1, 0.15) is 18.6 Å². The second kappa shape index (κ2) is 4.91. The minimum absolute atomic E-state index is 0.00292. The maximum atomic E-state index is 13.4. The number of carboxylic acid groups (broad SMARTS) is 1. The molecule has 22 heavy (non-hydrogen) atoms. The van der Waals surface area contributed by atoms with Gasteiger partial charge in [-0.2, -0.15) is 0 Å². The second-order valence-electron chi connectivity index (χ2n) is 5.06. The summed E-state index contributed by atoms with van der Waals surface area (Å²) in [7, 11) is 0. The Balaban J connectivity index is 2.17. The second-order valence-corrected chi connectivity index (χ2v) is 5.06. The lowest BCUT2D eigenvalue weighted by Crippen LogP contribution is -2.12. The van der Waals surface area contributed by atoms with E-state index in [4.69, 9.17) is 4.74 Å². The number of carbonyl (C=O) groups excluding carboxylic acids is 1. The highest BCUT2D eigenvalue weighted by atomic mass is 19.1. The van der Waals surface area contributed by atoms with Gasteiger partial charge in [0.05, 0.1) is 11.1 Å². The van der Waals surface area contributed by atoms with E-state index in [1.165, 1.54) is 12.2 Å². The lowest BCUT2D eigenvalue weighted by Gasteiger charge is -2.14. The van der Waals surface area contributed by atoms with E-state index >= 15 is 0 Å². The molecule has 0 aromatic heterocycles. The first kappa shape index (κ1) is 14.2. The number of carboxylic acids is 1. The minimum Gasteiger partial charge on any atom is -0.480 e. The Morgan fingerprint density at radius 3 is 2.41 bits per heavy atom. The Morgan fingerprint density at radius 1 is 1.18 bits per heavy atom. The van der Waals surface area contributed by atoms with Crippen LogP contribution in [-0.2, 0) is 14.3 Å². The van der Waals surface area contributed by atoms with Crippen LogP contribution in [0.2, 0.25) is 0 Å². The molecule has 1 heterocycles. The summed E-state index contributed by atoms with van der Waals surface area (Å²) < 4.78 is 32.2. The Kier molecular flexibility index (Phi) is 3.16. The lowest BCUT2D eigenvalue weighted by molar-refractivity contribution is -0.133. The van der Waals surface area contributed by atoms with Crippen LogP contribution in [0.15, 0.2) is 52.8 Å². The van der Waals surface area contributed by atoms with Crippen LogP contribution < -0.4 is 0 Å². The fourth-order valence-corrected chi connectivity index (χ4v) is 2.58. The zero-order valence-electron chi connectivity index (χ0n) is 11.4. The Morgan fingerprint density at radius 2 is 1.82 bits per heavy atom. The predicted molar refractivity (Wildman–Crippen MR) is 71.7 cm³/mol. The number of ether oxygens (including phenoxy) is 1. The van der Waals surface area contributed by atoms with Crippen molar-refractivity contribution < 1.29 is 28.2 Å². The molecular weight excluding hydrogens is 294 g/mol. The van der Waals surface area contributed by atoms with Gasteiger partial charge in [0.2, 0.25) is 0 Å². The maximum absolute atomic E-state index is 13.4. The van der Waals surface area contributed by atoms with E-state index in [1.54, 1.807) is 6.92 Å². The quantitative estimate of drug-likeness (QED) is 0.912. The standard InChI is InChI=1S/C16H10F2O4/c1-7-2-11(19)13-12(3-7)22-15(14(13)16(20)21)8-4-9(17)6-10(18)5-8/h2-6,15H,1H3,(H,20,21). The lowest BCUT2D eigenvalue weighted by atomic mass is 9.93. The van der Waals surface area contributed by atoms with E-state index < -0.39 is 29.5 Å². The first-order valence-corrected chi connectivity index (χ1v) is 6.41. The van der Waals surface area contributed by atoms with Gasteiger partial charge in [-0.1, -0.05) is 0 Å². The van der Waals surface area contributed by atoms with E-state index in [0.29, 0.717) is 11.6 Å². The molecule has 1 N–H and O–H groups in total. The van der Waals surface area contributed by atoms with Gasteiger partial charge in [0.1, 0.15) is 17.4 Å². The number of rotatable bonds is 2. The van der Waals surface area contributed by atoms with Gasteiger partial charge < -0.3 is 9.84 Å². The minimum atomic E-state index is -1.37. The third-order valence-electron chi connectivity index (χ3n) is 3.40. The molecule has 0 fully saturated rings. The van der Waals surface area contributed by atoms with Crippen molar-refractivity contribution in [3.8, 4) is 0 Å². The topological polar surface area (TPSA) is 63.6 Å². The van der Waals surface area contributed by atoms with Gasteiger partial charge in [-0.3, -0.25) is 4.79 Å². The van der Waals surface area contributed by atoms with Crippen molar-refractivity contribution in [1.82, 2.24) is 0 Å². The Labute approximate surface area is 124 Å². The maximum Gasteiger partial charge on any atom is 0.336 e. The number of hydrogen-bond donors (Lipinski definition) is 1. The molecule has 4 nitrogen and oxygen atoms in total. The molecule has 2 aliphatic rings. The van der Waals surface area contributed by atoms with Crippen molar-refractivity contribution in [1.29, 1.82) is 0 Å². The molecule has 112 valence electrons. The summed E-state index contributed by atoms with van der Waals surface area (Å²) in [6.45, 7) is 1.67. The molecule has 1 unspecified atom stereocenters. The number of aliphatic carboxylic acids is 1. The van der Waals surface area contributed by atoms with E-state index in [1.807, 2.05) is 0 Å². The van der Waals surface area contributed by atoms with E-state index in [-0.39, 0.29) is 22.5 Å². The summed E-state index contributed by atoms with van der Waals surface area (Å²) in [5.41, 5.74) is 0.223. The van der Waals surface area contributed by atoms with E-state index in [2.05, 4.69) is 0 Å². The van der Waals surface area contributed by atoms with Crippen LogP contribution in [0.25, 0.3) is 0 Å². The monoisotopic (exact) mass is 304 g/mol. The van der Waals surface area contributed by atoms with Gasteiger partial charge in [0.25, 0.3) is 0 Å². The predicted octanol–water partition coefficient (Wildman–Crippen LogP) is 2.83. The molecule has 1 aromatic carbocycles. The van der Waals surface area contributed by atoms with Crippen LogP contribution in [0, 0.1) is 11.6 Å². The molecule has 0 saturated carbocycles. The van der Waals surface area contributed by atoms with Crippen LogP contribution in [0.3, 0.4) is 0 Å². The molecule has 0 radical (unpaired) electrons. The van der Waals surface area contributed by atoms with Crippen LogP contribution in [0.4, 0.5) is 8.78 Å². The molecule has 1 aliphatic carbocycles. The zero-order chi connectivity index (χ0) is 16.0. The summed E-state index contributed by atoms with van der Waals surface area (Å²) in [4.78, 5) is 23.6. The number of halogens is 2. The largest absolute Gasteiger partial charge is 0.480 e. The van der Waals surface area contributed by atoms with E-state index in [9.17, 15) is 23.5 Å². The molecule has 0 amide bonds. The van der Waals surface area contributed by atoms with Gasteiger partial charge in [0, 0.05) is 11.6 Å². The number of fused-ring (bicyclic) bond motifs is 1. The SMILES string of the molecule is CC1=CC(=O)C2=C(C(=O)O)C(c3cc(F)cc(F)c3)OC2=C1. The number of allylic oxidation sites excluding steroid dienone is 4. The molecule has 0 saturated heterocycles. The van der Waals surface area contributed by atoms with Crippen LogP contribution >= 0.6 is 0 Å². The first-order valence-electron chi connectivity index (χ1n) is 6.41. The Bertz CT molecular complexity index is 782. The molecular formula is C16H10F2O4. The van der Waals surface area contributed by atoms with Crippen molar-refractivity contribution in [3.63, 3.8) is 0 Å². The zero-order valence-corrected chi connectivity index (χ0v) is 11.4. The molecule has 3 rings (SSSR count). The number of carbonyl (C=O) groups is 2. The summed E-state index contributed by atoms with van der Waals surface area (Å²) >= 11 is 0. The molecule has 6 heteroatoms. The molecule has 0 bridgehead atoms. The highest BCUT2D eigenvalue weighted by Gasteiger charge is 2.40. The van der Waals surface area contributed by atoms with Gasteiger partial charge in [-0.25, -0.2) is 13.6 Å². The van der Waals surface area contributed by atoms with Crippen molar-refractivity contribution in [2.45, 2.75) is 13.0 Å². The van der Waals surface area contributed by atoms with Crippen molar-refractivity contribution in [3.05, 3.63) is 70.0 Å². The molecule has 1 aromatic rings. The fourth-order valence-electron chi connectivity index (χ4n) is 2.58. The van der Waals surface area contributed by atoms with Gasteiger partial charge >= 0.3 is 5.97 Å². The third-order valence-corrected chi connectivity index (χ3v) is 3.40. The summed E-state index contributed by atoms with van der Waals surface area (Å²) in [6.07, 6.45) is 1.59. The molecule has 0 spiro atoms. The number of ketones is 1. The van der Waals surface area contributed by atoms with Gasteiger partial charge in [-0.15, -0.1) is 0 Å². The van der Waals surface area contributed by atoms with Gasteiger partial charge in [-0.05, 0) is 36.8 Å². The summed E-state index contributed by atoms with van der Waals surface area (Å²) in [5, 5.41) is 9.38. The smallest absolute Gasteiger partial charge is 0.336 e. The molecule has 1 aliphatic heterocycles. The van der Waals surface area contributed by atoms with Crippen molar-refractivity contribution in [2.75, 3.05) is 0 Å². The highest BCUT2D eigenvalue weighted by molar-refractivity contribution is 6.14. The number of benzene rings is 1. The first-order chi connectivity index (χ1) is 10.4. The average Bonchev–Trinajstić information content (AvgIpc) is 2.77. The molecule has 1 atom stereocenters. The van der Waals surface area contributed by atoms with Crippen molar-refractivity contribution in [2.24, 2.45) is 0 Å². The highest BCUT2D eigenvalue weighted by Crippen LogP contribution is 2.43. The van der Waals surface area contributed by atoms with Gasteiger partial charge in [0.15, 0.2) is 11.9 Å². The Hall–Kier alpha value is -2.76. The van der Waals surface area contributed by atoms with Crippen LogP contribution in [-0.4, -0.2) is 16.9 Å². The third kappa shape index (κ3) is 2.22. The fraction of sp³-hybridized carbons (Fsp3) is 0.125. The number of hydrogen-bond acceptors (Lipinski definition) is 3.